The van der Waals surface area contributed by atoms with Gasteiger partial charge in [0.2, 0.25) is 0 Å². The lowest BCUT2D eigenvalue weighted by molar-refractivity contribution is 0.0802. The highest BCUT2D eigenvalue weighted by molar-refractivity contribution is 5.98. The third-order valence-electron chi connectivity index (χ3n) is 5.28. The van der Waals surface area contributed by atoms with Crippen molar-refractivity contribution in [1.29, 1.82) is 0 Å². The van der Waals surface area contributed by atoms with Crippen LogP contribution in [0.3, 0.4) is 0 Å². The number of carbonyl (C=O) groups is 1. The van der Waals surface area contributed by atoms with Gasteiger partial charge in [0.1, 0.15) is 11.4 Å². The van der Waals surface area contributed by atoms with E-state index in [2.05, 4.69) is 34.1 Å². The Morgan fingerprint density at radius 1 is 1.07 bits per heavy atom. The molecule has 1 amide bonds. The van der Waals surface area contributed by atoms with Crippen LogP contribution in [0, 0.1) is 0 Å². The zero-order valence-electron chi connectivity index (χ0n) is 16.3. The van der Waals surface area contributed by atoms with Crippen LogP contribution in [0.4, 0.5) is 5.82 Å². The topological polar surface area (TPSA) is 49.3 Å². The molecule has 0 aliphatic carbocycles. The van der Waals surface area contributed by atoms with Gasteiger partial charge in [-0.05, 0) is 24.5 Å². The van der Waals surface area contributed by atoms with Crippen LogP contribution >= 0.6 is 0 Å². The molecule has 0 unspecified atom stereocenters. The van der Waals surface area contributed by atoms with Crippen LogP contribution in [0.1, 0.15) is 28.4 Å². The molecule has 0 saturated carbocycles. The zero-order chi connectivity index (χ0) is 19.5. The van der Waals surface area contributed by atoms with Gasteiger partial charge in [0.05, 0.1) is 0 Å². The molecule has 2 aromatic carbocycles. The number of nitrogens with zero attached hydrogens (tertiary/aromatic N) is 4. The van der Waals surface area contributed by atoms with Gasteiger partial charge >= 0.3 is 0 Å². The van der Waals surface area contributed by atoms with Crippen molar-refractivity contribution in [2.24, 2.45) is 0 Å². The summed E-state index contributed by atoms with van der Waals surface area (Å²) in [7, 11) is 1.81. The van der Waals surface area contributed by atoms with E-state index in [0.29, 0.717) is 23.8 Å². The van der Waals surface area contributed by atoms with Crippen LogP contribution in [-0.2, 0) is 13.0 Å². The summed E-state index contributed by atoms with van der Waals surface area (Å²) in [6.07, 6.45) is 2.62. The van der Waals surface area contributed by atoms with E-state index in [-0.39, 0.29) is 5.91 Å². The van der Waals surface area contributed by atoms with Crippen molar-refractivity contribution in [3.63, 3.8) is 0 Å². The van der Waals surface area contributed by atoms with Crippen molar-refractivity contribution in [2.75, 3.05) is 25.0 Å². The van der Waals surface area contributed by atoms with Crippen LogP contribution < -0.4 is 4.90 Å². The number of fused-ring (bicyclic) bond motifs is 1. The molecule has 0 atom stereocenters. The van der Waals surface area contributed by atoms with Gasteiger partial charge in [-0.1, -0.05) is 54.6 Å². The maximum absolute atomic E-state index is 13.0. The van der Waals surface area contributed by atoms with Crippen molar-refractivity contribution < 1.29 is 4.79 Å². The minimum absolute atomic E-state index is 0.0454. The molecule has 0 spiro atoms. The molecule has 0 N–H and O–H groups in total. The monoisotopic (exact) mass is 372 g/mol. The standard InChI is InChI=1S/C23H24N4O/c1-3-26(2)23(28)20-15-24-21(18-10-5-4-6-11-18)25-22(20)27-14-13-17-9-7-8-12-19(17)16-27/h4-12,15H,3,13-14,16H2,1-2H3. The number of hydrogen-bond acceptors (Lipinski definition) is 4. The number of benzene rings is 2. The summed E-state index contributed by atoms with van der Waals surface area (Å²) in [4.78, 5) is 26.2. The van der Waals surface area contributed by atoms with Gasteiger partial charge in [-0.2, -0.15) is 0 Å². The predicted molar refractivity (Wildman–Crippen MR) is 111 cm³/mol. The van der Waals surface area contributed by atoms with Gasteiger partial charge < -0.3 is 9.80 Å². The Bertz CT molecular complexity index is 987. The maximum Gasteiger partial charge on any atom is 0.258 e. The average molecular weight is 372 g/mol. The van der Waals surface area contributed by atoms with Gasteiger partial charge in [-0.15, -0.1) is 0 Å². The second kappa shape index (κ2) is 7.80. The third kappa shape index (κ3) is 3.48. The van der Waals surface area contributed by atoms with E-state index in [1.165, 1.54) is 11.1 Å². The maximum atomic E-state index is 13.0. The average Bonchev–Trinajstić information content (AvgIpc) is 2.78. The number of amides is 1. The van der Waals surface area contributed by atoms with Crippen molar-refractivity contribution in [3.05, 3.63) is 77.5 Å². The molecule has 0 saturated heterocycles. The Kier molecular flexibility index (Phi) is 5.06. The summed E-state index contributed by atoms with van der Waals surface area (Å²) in [5.74, 6) is 1.31. The predicted octanol–water partition coefficient (Wildman–Crippen LogP) is 3.80. The normalized spacial score (nSPS) is 13.1. The number of hydrogen-bond donors (Lipinski definition) is 0. The molecular formula is C23H24N4O. The molecule has 4 rings (SSSR count). The second-order valence-electron chi connectivity index (χ2n) is 7.06. The van der Waals surface area contributed by atoms with Crippen LogP contribution in [0.5, 0.6) is 0 Å². The molecule has 5 nitrogen and oxygen atoms in total. The SMILES string of the molecule is CCN(C)C(=O)c1cnc(-c2ccccc2)nc1N1CCc2ccccc2C1. The fraction of sp³-hybridized carbons (Fsp3) is 0.261. The third-order valence-corrected chi connectivity index (χ3v) is 5.28. The fourth-order valence-corrected chi connectivity index (χ4v) is 3.52. The molecule has 2 heterocycles. The van der Waals surface area contributed by atoms with Crippen LogP contribution in [0.25, 0.3) is 11.4 Å². The van der Waals surface area contributed by atoms with E-state index in [0.717, 1.165) is 25.1 Å². The molecule has 1 aliphatic rings. The van der Waals surface area contributed by atoms with Crippen molar-refractivity contribution in [2.45, 2.75) is 19.9 Å². The van der Waals surface area contributed by atoms with E-state index in [1.54, 1.807) is 11.1 Å². The first kappa shape index (κ1) is 18.2. The smallest absolute Gasteiger partial charge is 0.258 e. The highest BCUT2D eigenvalue weighted by Gasteiger charge is 2.25. The van der Waals surface area contributed by atoms with E-state index >= 15 is 0 Å². The van der Waals surface area contributed by atoms with Crippen LogP contribution in [0.15, 0.2) is 60.8 Å². The van der Waals surface area contributed by atoms with E-state index < -0.39 is 0 Å². The lowest BCUT2D eigenvalue weighted by atomic mass is 9.99. The van der Waals surface area contributed by atoms with Gasteiger partial charge in [-0.3, -0.25) is 4.79 Å². The highest BCUT2D eigenvalue weighted by atomic mass is 16.2. The van der Waals surface area contributed by atoms with E-state index in [4.69, 9.17) is 4.98 Å². The molecule has 1 aromatic heterocycles. The van der Waals surface area contributed by atoms with Crippen molar-refractivity contribution in [1.82, 2.24) is 14.9 Å². The second-order valence-corrected chi connectivity index (χ2v) is 7.06. The molecule has 0 fully saturated rings. The molecule has 5 heteroatoms. The summed E-state index contributed by atoms with van der Waals surface area (Å²) in [5, 5.41) is 0. The Morgan fingerprint density at radius 3 is 2.54 bits per heavy atom. The van der Waals surface area contributed by atoms with Crippen molar-refractivity contribution in [3.8, 4) is 11.4 Å². The Balaban J connectivity index is 1.77. The lowest BCUT2D eigenvalue weighted by Gasteiger charge is -2.31. The highest BCUT2D eigenvalue weighted by Crippen LogP contribution is 2.28. The van der Waals surface area contributed by atoms with Crippen LogP contribution in [-0.4, -0.2) is 40.9 Å². The van der Waals surface area contributed by atoms with Gasteiger partial charge in [0, 0.05) is 38.4 Å². The fourth-order valence-electron chi connectivity index (χ4n) is 3.52. The van der Waals surface area contributed by atoms with Gasteiger partial charge in [0.15, 0.2) is 5.82 Å². The summed E-state index contributed by atoms with van der Waals surface area (Å²) in [6, 6.07) is 18.4. The number of carbonyl (C=O) groups excluding carboxylic acids is 1. The largest absolute Gasteiger partial charge is 0.351 e. The van der Waals surface area contributed by atoms with Crippen LogP contribution in [0.2, 0.25) is 0 Å². The Morgan fingerprint density at radius 2 is 1.79 bits per heavy atom. The number of aromatic nitrogens is 2. The molecule has 0 radical (unpaired) electrons. The molecule has 28 heavy (non-hydrogen) atoms. The van der Waals surface area contributed by atoms with Crippen molar-refractivity contribution >= 4 is 11.7 Å². The number of rotatable bonds is 4. The molecule has 3 aromatic rings. The zero-order valence-corrected chi connectivity index (χ0v) is 16.3. The lowest BCUT2D eigenvalue weighted by Crippen LogP contribution is -2.34. The summed E-state index contributed by atoms with van der Waals surface area (Å²) < 4.78 is 0. The summed E-state index contributed by atoms with van der Waals surface area (Å²) >= 11 is 0. The van der Waals surface area contributed by atoms with Gasteiger partial charge in [0.25, 0.3) is 5.91 Å². The minimum atomic E-state index is -0.0454. The summed E-state index contributed by atoms with van der Waals surface area (Å²) in [6.45, 7) is 4.19. The first-order valence-corrected chi connectivity index (χ1v) is 9.67. The molecule has 142 valence electrons. The minimum Gasteiger partial charge on any atom is -0.351 e. The quantitative estimate of drug-likeness (QED) is 0.699. The first-order chi connectivity index (χ1) is 13.7. The summed E-state index contributed by atoms with van der Waals surface area (Å²) in [5.41, 5.74) is 4.16. The Labute approximate surface area is 165 Å². The van der Waals surface area contributed by atoms with E-state index in [9.17, 15) is 4.79 Å². The van der Waals surface area contributed by atoms with Gasteiger partial charge in [-0.25, -0.2) is 9.97 Å². The van der Waals surface area contributed by atoms with E-state index in [1.807, 2.05) is 44.3 Å². The molecular weight excluding hydrogens is 348 g/mol. The number of anilines is 1. The molecule has 1 aliphatic heterocycles. The first-order valence-electron chi connectivity index (χ1n) is 9.67. The molecule has 0 bridgehead atoms. The Hall–Kier alpha value is -3.21.